The predicted molar refractivity (Wildman–Crippen MR) is 77.7 cm³/mol. The predicted octanol–water partition coefficient (Wildman–Crippen LogP) is 2.53. The van der Waals surface area contributed by atoms with Gasteiger partial charge in [-0.3, -0.25) is 5.32 Å². The molecular formula is C16H22FNO3. The molecule has 2 rings (SSSR count). The third-order valence-corrected chi connectivity index (χ3v) is 3.78. The van der Waals surface area contributed by atoms with E-state index in [2.05, 4.69) is 5.32 Å². The first-order valence-electron chi connectivity index (χ1n) is 7.34. The highest BCUT2D eigenvalue weighted by molar-refractivity contribution is 5.82. The van der Waals surface area contributed by atoms with Crippen LogP contribution in [0.2, 0.25) is 0 Å². The molecule has 1 aromatic rings. The van der Waals surface area contributed by atoms with Gasteiger partial charge in [0.25, 0.3) is 0 Å². The molecule has 1 aliphatic carbocycles. The molecule has 1 atom stereocenters. The van der Waals surface area contributed by atoms with Crippen molar-refractivity contribution in [2.45, 2.75) is 31.7 Å². The van der Waals surface area contributed by atoms with Crippen molar-refractivity contribution in [1.82, 2.24) is 5.32 Å². The molecule has 0 radical (unpaired) electrons. The lowest BCUT2D eigenvalue weighted by Crippen LogP contribution is -2.59. The SMILES string of the molecule is CCCNC(COc1cccc(F)c1)(C(=O)OC)C1CC1. The van der Waals surface area contributed by atoms with Gasteiger partial charge < -0.3 is 9.47 Å². The van der Waals surface area contributed by atoms with Crippen LogP contribution in [0.25, 0.3) is 0 Å². The molecule has 1 aliphatic rings. The van der Waals surface area contributed by atoms with Crippen molar-refractivity contribution in [3.05, 3.63) is 30.1 Å². The largest absolute Gasteiger partial charge is 0.491 e. The first-order valence-corrected chi connectivity index (χ1v) is 7.34. The molecule has 4 nitrogen and oxygen atoms in total. The smallest absolute Gasteiger partial charge is 0.329 e. The Hall–Kier alpha value is -1.62. The second-order valence-electron chi connectivity index (χ2n) is 5.41. The number of nitrogens with one attached hydrogen (secondary N) is 1. The quantitative estimate of drug-likeness (QED) is 0.749. The number of benzene rings is 1. The van der Waals surface area contributed by atoms with Gasteiger partial charge in [0, 0.05) is 6.07 Å². The molecule has 0 bridgehead atoms. The van der Waals surface area contributed by atoms with Gasteiger partial charge in [-0.15, -0.1) is 0 Å². The highest BCUT2D eigenvalue weighted by Gasteiger charge is 2.52. The maximum atomic E-state index is 13.2. The zero-order valence-electron chi connectivity index (χ0n) is 12.5. The molecule has 0 amide bonds. The summed E-state index contributed by atoms with van der Waals surface area (Å²) in [5.41, 5.74) is -0.836. The molecule has 5 heteroatoms. The highest BCUT2D eigenvalue weighted by atomic mass is 19.1. The third kappa shape index (κ3) is 3.73. The molecule has 1 N–H and O–H groups in total. The molecule has 1 saturated carbocycles. The second kappa shape index (κ2) is 6.89. The van der Waals surface area contributed by atoms with Crippen molar-refractivity contribution in [3.8, 4) is 5.75 Å². The van der Waals surface area contributed by atoms with Gasteiger partial charge in [0.05, 0.1) is 7.11 Å². The van der Waals surface area contributed by atoms with Gasteiger partial charge >= 0.3 is 5.97 Å². The van der Waals surface area contributed by atoms with E-state index in [9.17, 15) is 9.18 Å². The molecule has 0 heterocycles. The lowest BCUT2D eigenvalue weighted by molar-refractivity contribution is -0.151. The molecule has 0 aromatic heterocycles. The van der Waals surface area contributed by atoms with Gasteiger partial charge in [0.15, 0.2) is 5.54 Å². The van der Waals surface area contributed by atoms with Crippen LogP contribution in [0.4, 0.5) is 4.39 Å². The molecule has 21 heavy (non-hydrogen) atoms. The highest BCUT2D eigenvalue weighted by Crippen LogP contribution is 2.41. The normalized spacial score (nSPS) is 17.1. The molecule has 1 unspecified atom stereocenters. The number of methoxy groups -OCH3 is 1. The van der Waals surface area contributed by atoms with E-state index >= 15 is 0 Å². The van der Waals surface area contributed by atoms with E-state index in [0.29, 0.717) is 12.3 Å². The summed E-state index contributed by atoms with van der Waals surface area (Å²) in [5.74, 6) is -0.0359. The fraction of sp³-hybridized carbons (Fsp3) is 0.562. The number of carbonyl (C=O) groups is 1. The average molecular weight is 295 g/mol. The first kappa shape index (κ1) is 15.8. The molecule has 0 aliphatic heterocycles. The van der Waals surface area contributed by atoms with Crippen molar-refractivity contribution < 1.29 is 18.7 Å². The Morgan fingerprint density at radius 2 is 2.24 bits per heavy atom. The van der Waals surface area contributed by atoms with Crippen LogP contribution in [0.5, 0.6) is 5.75 Å². The number of rotatable bonds is 8. The molecular weight excluding hydrogens is 273 g/mol. The lowest BCUT2D eigenvalue weighted by Gasteiger charge is -2.32. The fourth-order valence-electron chi connectivity index (χ4n) is 2.47. The average Bonchev–Trinajstić information content (AvgIpc) is 3.32. The summed E-state index contributed by atoms with van der Waals surface area (Å²) in [6, 6.07) is 5.93. The van der Waals surface area contributed by atoms with Gasteiger partial charge in [-0.25, -0.2) is 9.18 Å². The number of ether oxygens (including phenoxy) is 2. The topological polar surface area (TPSA) is 47.6 Å². The van der Waals surface area contributed by atoms with Crippen LogP contribution in [-0.4, -0.2) is 31.8 Å². The third-order valence-electron chi connectivity index (χ3n) is 3.78. The standard InChI is InChI=1S/C16H22FNO3/c1-3-9-18-16(12-7-8-12,15(19)20-2)11-21-14-6-4-5-13(17)10-14/h4-6,10,12,18H,3,7-9,11H2,1-2H3. The number of halogens is 1. The van der Waals surface area contributed by atoms with Crippen molar-refractivity contribution in [1.29, 1.82) is 0 Å². The van der Waals surface area contributed by atoms with Crippen LogP contribution in [0.15, 0.2) is 24.3 Å². The minimum Gasteiger partial charge on any atom is -0.491 e. The van der Waals surface area contributed by atoms with Crippen LogP contribution in [-0.2, 0) is 9.53 Å². The molecule has 0 saturated heterocycles. The van der Waals surface area contributed by atoms with Crippen LogP contribution >= 0.6 is 0 Å². The maximum absolute atomic E-state index is 13.2. The van der Waals surface area contributed by atoms with Crippen LogP contribution in [0.3, 0.4) is 0 Å². The van der Waals surface area contributed by atoms with E-state index in [1.165, 1.54) is 19.2 Å². The maximum Gasteiger partial charge on any atom is 0.329 e. The van der Waals surface area contributed by atoms with Crippen molar-refractivity contribution in [2.75, 3.05) is 20.3 Å². The summed E-state index contributed by atoms with van der Waals surface area (Å²) in [5, 5.41) is 3.29. The summed E-state index contributed by atoms with van der Waals surface area (Å²) in [6.45, 7) is 2.89. The second-order valence-corrected chi connectivity index (χ2v) is 5.41. The van der Waals surface area contributed by atoms with Gasteiger partial charge in [-0.1, -0.05) is 13.0 Å². The van der Waals surface area contributed by atoms with Gasteiger partial charge in [-0.2, -0.15) is 0 Å². The Morgan fingerprint density at radius 3 is 2.81 bits per heavy atom. The molecule has 1 aromatic carbocycles. The van der Waals surface area contributed by atoms with Gasteiger partial charge in [-0.05, 0) is 43.9 Å². The van der Waals surface area contributed by atoms with E-state index < -0.39 is 5.54 Å². The van der Waals surface area contributed by atoms with Crippen molar-refractivity contribution >= 4 is 5.97 Å². The fourth-order valence-corrected chi connectivity index (χ4v) is 2.47. The van der Waals surface area contributed by atoms with Crippen molar-refractivity contribution in [3.63, 3.8) is 0 Å². The van der Waals surface area contributed by atoms with Gasteiger partial charge in [0.1, 0.15) is 18.2 Å². The van der Waals surface area contributed by atoms with Crippen LogP contribution in [0, 0.1) is 11.7 Å². The molecule has 0 spiro atoms. The molecule has 116 valence electrons. The number of hydrogen-bond acceptors (Lipinski definition) is 4. The minimum atomic E-state index is -0.836. The summed E-state index contributed by atoms with van der Waals surface area (Å²) < 4.78 is 23.8. The van der Waals surface area contributed by atoms with Crippen molar-refractivity contribution in [2.24, 2.45) is 5.92 Å². The van der Waals surface area contributed by atoms with Gasteiger partial charge in [0.2, 0.25) is 0 Å². The van der Waals surface area contributed by atoms with E-state index in [-0.39, 0.29) is 24.3 Å². The Morgan fingerprint density at radius 1 is 1.48 bits per heavy atom. The van der Waals surface area contributed by atoms with E-state index in [1.807, 2.05) is 6.92 Å². The lowest BCUT2D eigenvalue weighted by atomic mass is 9.94. The Balaban J connectivity index is 2.12. The molecule has 1 fully saturated rings. The number of carbonyl (C=O) groups excluding carboxylic acids is 1. The Bertz CT molecular complexity index is 490. The summed E-state index contributed by atoms with van der Waals surface area (Å²) >= 11 is 0. The zero-order valence-corrected chi connectivity index (χ0v) is 12.5. The van der Waals surface area contributed by atoms with E-state index in [0.717, 1.165) is 19.3 Å². The minimum absolute atomic E-state index is 0.147. The summed E-state index contributed by atoms with van der Waals surface area (Å²) in [6.07, 6.45) is 2.85. The monoisotopic (exact) mass is 295 g/mol. The van der Waals surface area contributed by atoms with E-state index in [1.54, 1.807) is 12.1 Å². The van der Waals surface area contributed by atoms with Crippen LogP contribution in [0.1, 0.15) is 26.2 Å². The number of hydrogen-bond donors (Lipinski definition) is 1. The Kier molecular flexibility index (Phi) is 5.17. The zero-order chi connectivity index (χ0) is 15.3. The Labute approximate surface area is 124 Å². The number of esters is 1. The first-order chi connectivity index (χ1) is 10.1. The van der Waals surface area contributed by atoms with E-state index in [4.69, 9.17) is 9.47 Å². The van der Waals surface area contributed by atoms with Crippen LogP contribution < -0.4 is 10.1 Å². The summed E-state index contributed by atoms with van der Waals surface area (Å²) in [7, 11) is 1.38. The summed E-state index contributed by atoms with van der Waals surface area (Å²) in [4.78, 5) is 12.3.